The predicted octanol–water partition coefficient (Wildman–Crippen LogP) is 7.77. The molecule has 0 nitrogen and oxygen atoms in total. The molecule has 0 N–H and O–H groups in total. The zero-order valence-electron chi connectivity index (χ0n) is 25.2. The second kappa shape index (κ2) is 11.9. The van der Waals surface area contributed by atoms with Gasteiger partial charge in [-0.1, -0.05) is 114 Å². The average molecular weight is 542 g/mol. The van der Waals surface area contributed by atoms with Gasteiger partial charge in [0.25, 0.3) is 0 Å². The normalized spacial score (nSPS) is 17.0. The van der Waals surface area contributed by atoms with Crippen LogP contribution >= 0.6 is 0 Å². The van der Waals surface area contributed by atoms with Gasteiger partial charge in [0.1, 0.15) is 8.07 Å². The van der Waals surface area contributed by atoms with Gasteiger partial charge in [0.15, 0.2) is 0 Å². The first-order chi connectivity index (χ1) is 15.9. The Morgan fingerprint density at radius 3 is 1.00 bits per heavy atom. The van der Waals surface area contributed by atoms with Gasteiger partial charge in [0.05, 0.1) is 0 Å². The first kappa shape index (κ1) is 33.1. The molecule has 0 saturated heterocycles. The fourth-order valence-electron chi connectivity index (χ4n) is 6.53. The third-order valence-corrected chi connectivity index (χ3v) is 13.5. The summed E-state index contributed by atoms with van der Waals surface area (Å²) in [6.07, 6.45) is 4.09. The molecule has 0 heterocycles. The molecule has 1 atom stereocenters. The average Bonchev–Trinajstić information content (AvgIpc) is 2.90. The summed E-state index contributed by atoms with van der Waals surface area (Å²) in [5.74, 6) is 0. The summed E-state index contributed by atoms with van der Waals surface area (Å²) in [7, 11) is -2.64. The number of aryl methyl sites for hydroxylation is 6. The van der Waals surface area contributed by atoms with Crippen molar-refractivity contribution in [2.24, 2.45) is 0 Å². The third kappa shape index (κ3) is 5.47. The number of hydrogen-bond donors (Lipinski definition) is 0. The largest absolute Gasteiger partial charge is 3.00 e. The Labute approximate surface area is 244 Å². The van der Waals surface area contributed by atoms with E-state index in [1.54, 1.807) is 0 Å². The Morgan fingerprint density at radius 1 is 0.514 bits per heavy atom. The van der Waals surface area contributed by atoms with Crippen molar-refractivity contribution in [2.75, 3.05) is 0 Å². The maximum absolute atomic E-state index is 4.09. The van der Waals surface area contributed by atoms with E-state index in [2.05, 4.69) is 130 Å². The summed E-state index contributed by atoms with van der Waals surface area (Å²) in [6, 6.07) is 21.7. The van der Waals surface area contributed by atoms with Crippen LogP contribution in [-0.2, 0) is 21.7 Å². The minimum atomic E-state index is -2.64. The zero-order valence-corrected chi connectivity index (χ0v) is 27.8. The molecule has 0 fully saturated rings. The molecular formula is C35H45SiTi. The molecule has 193 valence electrons. The van der Waals surface area contributed by atoms with Gasteiger partial charge >= 0.3 is 21.7 Å². The van der Waals surface area contributed by atoms with Gasteiger partial charge in [-0.2, -0.15) is 11.1 Å². The molecular weight excluding hydrogens is 496 g/mol. The Bertz CT molecular complexity index is 1170. The van der Waals surface area contributed by atoms with E-state index >= 15 is 0 Å². The molecule has 3 aromatic carbocycles. The van der Waals surface area contributed by atoms with Gasteiger partial charge in [0.2, 0.25) is 0 Å². The molecule has 1 aliphatic rings. The molecule has 0 amide bonds. The van der Waals surface area contributed by atoms with E-state index in [9.17, 15) is 0 Å². The number of benzene rings is 3. The molecule has 0 aromatic heterocycles. The number of hydrogen-bond acceptors (Lipinski definition) is 0. The molecule has 0 saturated carbocycles. The molecule has 2 heteroatoms. The van der Waals surface area contributed by atoms with Gasteiger partial charge < -0.3 is 14.9 Å². The standard InChI is InChI=1S/C33H39Si.2CH3.Ti/c1-21-11-22(2)15-30(14-21)34(31-16-23(3)12-24(4)17-31,32-18-25(5)13-26(6)19-32)33(10)20-27(7)28(8)29(33)9;;;/h11-19H,1-10H3;2*1H3;/q3*-1;+3. The van der Waals surface area contributed by atoms with Crippen molar-refractivity contribution in [3.05, 3.63) is 126 Å². The molecule has 0 bridgehead atoms. The summed E-state index contributed by atoms with van der Waals surface area (Å²) in [4.78, 5) is 0. The molecule has 0 spiro atoms. The fourth-order valence-corrected chi connectivity index (χ4v) is 13.1. The van der Waals surface area contributed by atoms with Crippen LogP contribution in [0.4, 0.5) is 0 Å². The molecule has 37 heavy (non-hydrogen) atoms. The number of allylic oxidation sites excluding steroid dienone is 4. The first-order valence-electron chi connectivity index (χ1n) is 12.4. The van der Waals surface area contributed by atoms with Crippen LogP contribution in [0.3, 0.4) is 0 Å². The summed E-state index contributed by atoms with van der Waals surface area (Å²) >= 11 is 0. The van der Waals surface area contributed by atoms with Crippen LogP contribution in [-0.4, -0.2) is 8.07 Å². The van der Waals surface area contributed by atoms with Crippen LogP contribution in [0.25, 0.3) is 0 Å². The van der Waals surface area contributed by atoms with Crippen molar-refractivity contribution in [3.63, 3.8) is 0 Å². The Hall–Kier alpha value is -1.93. The molecule has 3 aromatic rings. The second-order valence-corrected chi connectivity index (χ2v) is 15.2. The maximum Gasteiger partial charge on any atom is 3.00 e. The van der Waals surface area contributed by atoms with E-state index in [1.807, 2.05) is 0 Å². The van der Waals surface area contributed by atoms with E-state index in [1.165, 1.54) is 65.7 Å². The van der Waals surface area contributed by atoms with Crippen molar-refractivity contribution in [1.82, 2.24) is 0 Å². The monoisotopic (exact) mass is 541 g/mol. The minimum Gasteiger partial charge on any atom is -0.358 e. The van der Waals surface area contributed by atoms with Crippen molar-refractivity contribution >= 4 is 23.6 Å². The van der Waals surface area contributed by atoms with Crippen LogP contribution in [0.1, 0.15) is 61.1 Å². The fraction of sp³-hybridized carbons (Fsp3) is 0.314. The Balaban J connectivity index is 0.00000228. The van der Waals surface area contributed by atoms with E-state index in [-0.39, 0.29) is 41.6 Å². The molecule has 1 aliphatic carbocycles. The number of rotatable bonds is 4. The van der Waals surface area contributed by atoms with Gasteiger partial charge in [-0.3, -0.25) is 6.08 Å². The zero-order chi connectivity index (χ0) is 25.0. The molecule has 1 radical (unpaired) electrons. The summed E-state index contributed by atoms with van der Waals surface area (Å²) in [6.45, 7) is 22.8. The van der Waals surface area contributed by atoms with Gasteiger partial charge in [-0.15, -0.1) is 6.92 Å². The SMILES string of the molecule is CC1=[C-]C(C)([Si](c2cc(C)cc(C)c2)(c2cc(C)cc(C)c2)c2cc(C)cc(C)c2)C(C)=C1C.[CH3-].[CH3-].[Ti+3]. The summed E-state index contributed by atoms with van der Waals surface area (Å²) < 4.78 is 0. The predicted molar refractivity (Wildman–Crippen MR) is 164 cm³/mol. The topological polar surface area (TPSA) is 0 Å². The van der Waals surface area contributed by atoms with Crippen molar-refractivity contribution in [2.45, 2.75) is 74.3 Å². The van der Waals surface area contributed by atoms with Crippen LogP contribution < -0.4 is 15.6 Å². The summed E-state index contributed by atoms with van der Waals surface area (Å²) in [5.41, 5.74) is 12.2. The van der Waals surface area contributed by atoms with Crippen molar-refractivity contribution in [3.8, 4) is 0 Å². The molecule has 0 aliphatic heterocycles. The van der Waals surface area contributed by atoms with E-state index in [0.29, 0.717) is 0 Å². The molecule has 4 rings (SSSR count). The second-order valence-electron chi connectivity index (χ2n) is 11.0. The van der Waals surface area contributed by atoms with Gasteiger partial charge in [-0.25, -0.2) is 5.57 Å². The Morgan fingerprint density at radius 2 is 0.784 bits per heavy atom. The molecule has 1 unspecified atom stereocenters. The van der Waals surface area contributed by atoms with E-state index in [0.717, 1.165) is 0 Å². The summed E-state index contributed by atoms with van der Waals surface area (Å²) in [5, 5.41) is 4.26. The van der Waals surface area contributed by atoms with E-state index in [4.69, 9.17) is 0 Å². The smallest absolute Gasteiger partial charge is 0.358 e. The quantitative estimate of drug-likeness (QED) is 0.180. The van der Waals surface area contributed by atoms with Crippen LogP contribution in [0.2, 0.25) is 5.04 Å². The minimum absolute atomic E-state index is 0. The first-order valence-corrected chi connectivity index (χ1v) is 14.4. The van der Waals surface area contributed by atoms with Crippen molar-refractivity contribution in [1.29, 1.82) is 0 Å². The van der Waals surface area contributed by atoms with Crippen LogP contribution in [0.5, 0.6) is 0 Å². The Kier molecular flexibility index (Phi) is 10.6. The third-order valence-electron chi connectivity index (χ3n) is 8.03. The van der Waals surface area contributed by atoms with Gasteiger partial charge in [0, 0.05) is 0 Å². The van der Waals surface area contributed by atoms with Gasteiger partial charge in [-0.05, 0) is 57.1 Å². The van der Waals surface area contributed by atoms with Crippen molar-refractivity contribution < 1.29 is 21.7 Å². The van der Waals surface area contributed by atoms with E-state index < -0.39 is 8.07 Å². The van der Waals surface area contributed by atoms with Crippen LogP contribution in [0.15, 0.2) is 71.3 Å². The van der Waals surface area contributed by atoms with Crippen LogP contribution in [0, 0.1) is 62.5 Å². The maximum atomic E-state index is 4.09.